The summed E-state index contributed by atoms with van der Waals surface area (Å²) in [6.45, 7) is 8.37. The number of nitrogens with one attached hydrogen (secondary N) is 1. The van der Waals surface area contributed by atoms with E-state index < -0.39 is 0 Å². The average molecular weight is 244 g/mol. The summed E-state index contributed by atoms with van der Waals surface area (Å²) in [5.41, 5.74) is 0. The molecule has 0 spiro atoms. The zero-order chi connectivity index (χ0) is 9.68. The van der Waals surface area contributed by atoms with E-state index in [1.165, 1.54) is 0 Å². The highest BCUT2D eigenvalue weighted by Gasteiger charge is 1.99. The Morgan fingerprint density at radius 2 is 2.54 bits per heavy atom. The van der Waals surface area contributed by atoms with Gasteiger partial charge >= 0.3 is 0 Å². The van der Waals surface area contributed by atoms with E-state index in [9.17, 15) is 0 Å². The van der Waals surface area contributed by atoms with Crippen LogP contribution in [0.5, 0.6) is 0 Å². The van der Waals surface area contributed by atoms with Crippen LogP contribution >= 0.6 is 15.9 Å². The maximum atomic E-state index is 4.24. The fourth-order valence-electron chi connectivity index (χ4n) is 1.11. The van der Waals surface area contributed by atoms with Crippen LogP contribution in [0.25, 0.3) is 0 Å². The van der Waals surface area contributed by atoms with E-state index in [-0.39, 0.29) is 0 Å². The van der Waals surface area contributed by atoms with E-state index >= 15 is 0 Å². The molecular weight excluding hydrogens is 230 g/mol. The first-order valence-corrected chi connectivity index (χ1v) is 5.07. The highest BCUT2D eigenvalue weighted by Crippen LogP contribution is 1.99. The third kappa shape index (κ3) is 3.32. The minimum absolute atomic E-state index is 0.774. The van der Waals surface area contributed by atoms with E-state index in [0.717, 1.165) is 29.9 Å². The van der Waals surface area contributed by atoms with Crippen molar-refractivity contribution in [2.45, 2.75) is 20.0 Å². The van der Waals surface area contributed by atoms with Gasteiger partial charge in [-0.05, 0) is 6.92 Å². The summed E-state index contributed by atoms with van der Waals surface area (Å²) in [5.74, 6) is 1.07. The Bertz CT molecular complexity index is 280. The molecule has 0 amide bonds. The fraction of sp³-hybridized carbons (Fsp3) is 0.444. The Hall–Kier alpha value is -0.610. The Morgan fingerprint density at radius 1 is 1.77 bits per heavy atom. The molecule has 0 fully saturated rings. The van der Waals surface area contributed by atoms with Crippen molar-refractivity contribution in [1.82, 2.24) is 14.9 Å². The van der Waals surface area contributed by atoms with Gasteiger partial charge < -0.3 is 9.88 Å². The van der Waals surface area contributed by atoms with Gasteiger partial charge in [-0.3, -0.25) is 0 Å². The lowest BCUT2D eigenvalue weighted by Gasteiger charge is -2.05. The maximum Gasteiger partial charge on any atom is 0.122 e. The molecule has 4 heteroatoms. The van der Waals surface area contributed by atoms with Crippen molar-refractivity contribution in [2.75, 3.05) is 6.54 Å². The molecule has 13 heavy (non-hydrogen) atoms. The quantitative estimate of drug-likeness (QED) is 0.857. The Kier molecular flexibility index (Phi) is 4.18. The average Bonchev–Trinajstić information content (AvgIpc) is 2.51. The van der Waals surface area contributed by atoms with Crippen LogP contribution in [0.2, 0.25) is 0 Å². The van der Waals surface area contributed by atoms with Gasteiger partial charge in [0.15, 0.2) is 0 Å². The number of hydrogen-bond acceptors (Lipinski definition) is 2. The van der Waals surface area contributed by atoms with E-state index in [1.54, 1.807) is 0 Å². The lowest BCUT2D eigenvalue weighted by Crippen LogP contribution is -2.17. The van der Waals surface area contributed by atoms with Crippen LogP contribution in [0, 0.1) is 0 Å². The van der Waals surface area contributed by atoms with Gasteiger partial charge in [0.1, 0.15) is 5.82 Å². The van der Waals surface area contributed by atoms with Crippen LogP contribution < -0.4 is 5.32 Å². The first-order valence-electron chi connectivity index (χ1n) is 4.28. The second kappa shape index (κ2) is 5.19. The van der Waals surface area contributed by atoms with Gasteiger partial charge in [-0.2, -0.15) is 0 Å². The zero-order valence-electron chi connectivity index (χ0n) is 7.76. The molecule has 1 aromatic rings. The van der Waals surface area contributed by atoms with Crippen LogP contribution in [0.4, 0.5) is 0 Å². The van der Waals surface area contributed by atoms with E-state index in [0.29, 0.717) is 0 Å². The summed E-state index contributed by atoms with van der Waals surface area (Å²) in [5, 5.41) is 3.23. The molecule has 0 bridgehead atoms. The molecule has 0 aromatic carbocycles. The summed E-state index contributed by atoms with van der Waals surface area (Å²) in [7, 11) is 0. The topological polar surface area (TPSA) is 29.9 Å². The van der Waals surface area contributed by atoms with Crippen LogP contribution in [-0.4, -0.2) is 16.1 Å². The molecular formula is C9H14BrN3. The Labute approximate surface area is 87.0 Å². The lowest BCUT2D eigenvalue weighted by molar-refractivity contribution is 0.639. The minimum atomic E-state index is 0.774. The minimum Gasteiger partial charge on any atom is -0.334 e. The molecule has 0 aliphatic heterocycles. The third-order valence-corrected chi connectivity index (χ3v) is 2.02. The lowest BCUT2D eigenvalue weighted by atomic mass is 10.5. The molecule has 3 nitrogen and oxygen atoms in total. The number of rotatable bonds is 5. The Balaban J connectivity index is 2.40. The number of imidazole rings is 1. The van der Waals surface area contributed by atoms with Crippen LogP contribution in [0.15, 0.2) is 23.5 Å². The first kappa shape index (κ1) is 10.5. The molecule has 0 aliphatic rings. The first-order chi connectivity index (χ1) is 6.24. The fourth-order valence-corrected chi connectivity index (χ4v) is 1.30. The third-order valence-electron chi connectivity index (χ3n) is 1.74. The monoisotopic (exact) mass is 243 g/mol. The van der Waals surface area contributed by atoms with Gasteiger partial charge in [0.2, 0.25) is 0 Å². The van der Waals surface area contributed by atoms with Crippen LogP contribution in [0.3, 0.4) is 0 Å². The van der Waals surface area contributed by atoms with E-state index in [1.807, 2.05) is 12.4 Å². The van der Waals surface area contributed by atoms with Crippen molar-refractivity contribution < 1.29 is 0 Å². The Morgan fingerprint density at radius 3 is 3.15 bits per heavy atom. The van der Waals surface area contributed by atoms with Gasteiger partial charge in [0, 0.05) is 30.0 Å². The number of hydrogen-bond donors (Lipinski definition) is 1. The molecule has 0 atom stereocenters. The molecule has 0 unspecified atom stereocenters. The molecule has 0 aliphatic carbocycles. The summed E-state index contributed by atoms with van der Waals surface area (Å²) in [6.07, 6.45) is 3.81. The summed E-state index contributed by atoms with van der Waals surface area (Å²) in [4.78, 5) is 4.24. The predicted molar refractivity (Wildman–Crippen MR) is 57.7 cm³/mol. The van der Waals surface area contributed by atoms with Gasteiger partial charge in [-0.1, -0.05) is 22.5 Å². The second-order valence-corrected chi connectivity index (χ2v) is 3.87. The molecule has 1 N–H and O–H groups in total. The highest BCUT2D eigenvalue weighted by molar-refractivity contribution is 9.11. The second-order valence-electron chi connectivity index (χ2n) is 2.75. The van der Waals surface area contributed by atoms with Crippen LogP contribution in [-0.2, 0) is 13.1 Å². The maximum absolute atomic E-state index is 4.24. The van der Waals surface area contributed by atoms with Crippen molar-refractivity contribution in [3.05, 3.63) is 29.3 Å². The molecule has 1 aromatic heterocycles. The highest BCUT2D eigenvalue weighted by atomic mass is 79.9. The summed E-state index contributed by atoms with van der Waals surface area (Å²) >= 11 is 3.29. The molecule has 0 radical (unpaired) electrons. The largest absolute Gasteiger partial charge is 0.334 e. The van der Waals surface area contributed by atoms with Crippen molar-refractivity contribution in [3.8, 4) is 0 Å². The van der Waals surface area contributed by atoms with Crippen molar-refractivity contribution in [2.24, 2.45) is 0 Å². The smallest absolute Gasteiger partial charge is 0.122 e. The van der Waals surface area contributed by atoms with E-state index in [2.05, 4.69) is 44.3 Å². The normalized spacial score (nSPS) is 10.3. The molecule has 72 valence electrons. The van der Waals surface area contributed by atoms with E-state index in [4.69, 9.17) is 0 Å². The number of aryl methyl sites for hydroxylation is 1. The van der Waals surface area contributed by atoms with Crippen molar-refractivity contribution in [3.63, 3.8) is 0 Å². The van der Waals surface area contributed by atoms with Gasteiger partial charge in [0.05, 0.1) is 6.54 Å². The predicted octanol–water partition coefficient (Wildman–Crippen LogP) is 1.90. The number of nitrogens with zero attached hydrogens (tertiary/aromatic N) is 2. The van der Waals surface area contributed by atoms with Crippen LogP contribution in [0.1, 0.15) is 12.7 Å². The molecule has 1 rings (SSSR count). The summed E-state index contributed by atoms with van der Waals surface area (Å²) < 4.78 is 3.08. The summed E-state index contributed by atoms with van der Waals surface area (Å²) in [6, 6.07) is 0. The number of halogens is 1. The zero-order valence-corrected chi connectivity index (χ0v) is 9.34. The van der Waals surface area contributed by atoms with Gasteiger partial charge in [-0.15, -0.1) is 0 Å². The molecule has 0 saturated heterocycles. The van der Waals surface area contributed by atoms with Crippen molar-refractivity contribution in [1.29, 1.82) is 0 Å². The van der Waals surface area contributed by atoms with Gasteiger partial charge in [0.25, 0.3) is 0 Å². The number of aromatic nitrogens is 2. The standard InChI is InChI=1S/C9H14BrN3/c1-3-13-5-4-12-9(13)7-11-6-8(2)10/h4-5,11H,2-3,6-7H2,1H3. The molecule has 1 heterocycles. The SMILES string of the molecule is C=C(Br)CNCc1nccn1CC. The van der Waals surface area contributed by atoms with Gasteiger partial charge in [-0.25, -0.2) is 4.98 Å². The van der Waals surface area contributed by atoms with Crippen molar-refractivity contribution >= 4 is 15.9 Å². The molecule has 0 saturated carbocycles.